The Labute approximate surface area is 150 Å². The second kappa shape index (κ2) is 9.02. The molecule has 25 heavy (non-hydrogen) atoms. The lowest BCUT2D eigenvalue weighted by molar-refractivity contribution is -0.117. The van der Waals surface area contributed by atoms with Crippen molar-refractivity contribution in [3.8, 4) is 6.07 Å². The minimum Gasteiger partial charge on any atom is -0.385 e. The third kappa shape index (κ3) is 4.83. The summed E-state index contributed by atoms with van der Waals surface area (Å²) in [5.41, 5.74) is 2.52. The highest BCUT2D eigenvalue weighted by atomic mass is 16.5. The summed E-state index contributed by atoms with van der Waals surface area (Å²) in [4.78, 5) is 14.8. The molecule has 138 valence electrons. The lowest BCUT2D eigenvalue weighted by Crippen LogP contribution is -2.40. The maximum Gasteiger partial charge on any atom is 0.239 e. The second-order valence-electron chi connectivity index (χ2n) is 7.07. The van der Waals surface area contributed by atoms with E-state index in [1.807, 2.05) is 18.4 Å². The molecule has 2 heterocycles. The van der Waals surface area contributed by atoms with Crippen LogP contribution in [0.15, 0.2) is 0 Å². The molecule has 0 unspecified atom stereocenters. The second-order valence-corrected chi connectivity index (χ2v) is 7.07. The Balaban J connectivity index is 2.12. The summed E-state index contributed by atoms with van der Waals surface area (Å²) in [7, 11) is 1.68. The summed E-state index contributed by atoms with van der Waals surface area (Å²) in [6.45, 7) is 9.84. The molecule has 0 saturated carbocycles. The van der Waals surface area contributed by atoms with Crippen molar-refractivity contribution in [1.82, 2.24) is 9.47 Å². The van der Waals surface area contributed by atoms with E-state index >= 15 is 0 Å². The van der Waals surface area contributed by atoms with E-state index in [0.717, 1.165) is 43.7 Å². The third-order valence-electron chi connectivity index (χ3n) is 5.04. The molecule has 1 aliphatic rings. The minimum atomic E-state index is -0.0453. The highest BCUT2D eigenvalue weighted by Gasteiger charge is 2.22. The fraction of sp³-hybridized carbons (Fsp3) is 0.684. The summed E-state index contributed by atoms with van der Waals surface area (Å²) in [6, 6.07) is 2.25. The van der Waals surface area contributed by atoms with Crippen LogP contribution in [0, 0.1) is 31.1 Å². The number of methoxy groups -OCH3 is 1. The van der Waals surface area contributed by atoms with Crippen molar-refractivity contribution in [3.63, 3.8) is 0 Å². The molecule has 0 radical (unpaired) electrons. The Hall–Kier alpha value is -1.84. The molecule has 0 bridgehead atoms. The molecule has 1 fully saturated rings. The van der Waals surface area contributed by atoms with Crippen molar-refractivity contribution in [2.45, 2.75) is 46.6 Å². The Bertz CT molecular complexity index is 645. The lowest BCUT2D eigenvalue weighted by Gasteiger charge is -2.30. The van der Waals surface area contributed by atoms with Gasteiger partial charge in [0.2, 0.25) is 5.91 Å². The number of hydrogen-bond donors (Lipinski definition) is 1. The van der Waals surface area contributed by atoms with Crippen molar-refractivity contribution < 1.29 is 9.53 Å². The number of likely N-dealkylation sites (tertiary alicyclic amines) is 1. The van der Waals surface area contributed by atoms with E-state index in [-0.39, 0.29) is 5.91 Å². The molecular formula is C19H30N4O2. The van der Waals surface area contributed by atoms with Gasteiger partial charge in [-0.05, 0) is 51.1 Å². The van der Waals surface area contributed by atoms with Gasteiger partial charge < -0.3 is 14.6 Å². The maximum atomic E-state index is 12.6. The normalized spacial score (nSPS) is 18.1. The number of nitrogens with zero attached hydrogens (tertiary/aromatic N) is 3. The Morgan fingerprint density at radius 1 is 1.44 bits per heavy atom. The summed E-state index contributed by atoms with van der Waals surface area (Å²) in [6.07, 6.45) is 3.21. The molecule has 0 aromatic carbocycles. The van der Waals surface area contributed by atoms with Crippen LogP contribution >= 0.6 is 0 Å². The first-order valence-electron chi connectivity index (χ1n) is 9.08. The average Bonchev–Trinajstić information content (AvgIpc) is 2.79. The molecule has 2 rings (SSSR count). The number of piperidine rings is 1. The molecule has 6 heteroatoms. The van der Waals surface area contributed by atoms with Gasteiger partial charge in [0, 0.05) is 32.5 Å². The van der Waals surface area contributed by atoms with Crippen LogP contribution in [-0.4, -0.2) is 48.7 Å². The zero-order chi connectivity index (χ0) is 18.4. The Kier molecular flexibility index (Phi) is 7.03. The van der Waals surface area contributed by atoms with Crippen LogP contribution in [0.5, 0.6) is 0 Å². The topological polar surface area (TPSA) is 70.3 Å². The molecule has 6 nitrogen and oxygen atoms in total. The third-order valence-corrected chi connectivity index (χ3v) is 5.04. The predicted molar refractivity (Wildman–Crippen MR) is 98.6 cm³/mol. The summed E-state index contributed by atoms with van der Waals surface area (Å²) >= 11 is 0. The minimum absolute atomic E-state index is 0.0453. The van der Waals surface area contributed by atoms with Crippen molar-refractivity contribution in [2.24, 2.45) is 5.92 Å². The Morgan fingerprint density at radius 2 is 2.20 bits per heavy atom. The van der Waals surface area contributed by atoms with Crippen LogP contribution in [0.25, 0.3) is 0 Å². The molecule has 0 spiro atoms. The van der Waals surface area contributed by atoms with Crippen molar-refractivity contribution in [2.75, 3.05) is 38.7 Å². The van der Waals surface area contributed by atoms with Crippen LogP contribution < -0.4 is 5.32 Å². The number of anilines is 1. The van der Waals surface area contributed by atoms with E-state index in [1.54, 1.807) is 7.11 Å². The van der Waals surface area contributed by atoms with Crippen LogP contribution in [0.3, 0.4) is 0 Å². The van der Waals surface area contributed by atoms with Gasteiger partial charge in [0.25, 0.3) is 0 Å². The zero-order valence-corrected chi connectivity index (χ0v) is 15.9. The van der Waals surface area contributed by atoms with Gasteiger partial charge in [-0.2, -0.15) is 5.26 Å². The number of hydrogen-bond acceptors (Lipinski definition) is 4. The molecular weight excluding hydrogens is 316 g/mol. The van der Waals surface area contributed by atoms with Crippen LogP contribution in [-0.2, 0) is 16.1 Å². The highest BCUT2D eigenvalue weighted by Crippen LogP contribution is 2.26. The number of nitriles is 1. The number of carbonyl (C=O) groups excluding carboxylic acids is 1. The standard InChI is InChI=1S/C19H30N4O2/c1-14-7-5-8-22(12-14)13-18(24)21-19-17(11-20)15(2)16(3)23(19)9-6-10-25-4/h14H,5-10,12-13H2,1-4H3,(H,21,24)/t14-/m0/s1. The maximum absolute atomic E-state index is 12.6. The van der Waals surface area contributed by atoms with Gasteiger partial charge in [0.1, 0.15) is 11.9 Å². The average molecular weight is 346 g/mol. The largest absolute Gasteiger partial charge is 0.385 e. The fourth-order valence-corrected chi connectivity index (χ4v) is 3.58. The Morgan fingerprint density at radius 3 is 2.84 bits per heavy atom. The predicted octanol–water partition coefficient (Wildman–Crippen LogP) is 2.68. The van der Waals surface area contributed by atoms with Gasteiger partial charge in [0.05, 0.1) is 12.1 Å². The van der Waals surface area contributed by atoms with Gasteiger partial charge in [-0.25, -0.2) is 0 Å². The number of aromatic nitrogens is 1. The van der Waals surface area contributed by atoms with Crippen LogP contribution in [0.4, 0.5) is 5.82 Å². The van der Waals surface area contributed by atoms with E-state index in [2.05, 4.69) is 23.2 Å². The number of amides is 1. The summed E-state index contributed by atoms with van der Waals surface area (Å²) < 4.78 is 7.16. The van der Waals surface area contributed by atoms with E-state index in [1.165, 1.54) is 6.42 Å². The van der Waals surface area contributed by atoms with E-state index in [0.29, 0.717) is 30.5 Å². The van der Waals surface area contributed by atoms with Gasteiger partial charge in [-0.3, -0.25) is 9.69 Å². The highest BCUT2D eigenvalue weighted by molar-refractivity contribution is 5.93. The number of ether oxygens (including phenoxy) is 1. The van der Waals surface area contributed by atoms with Crippen molar-refractivity contribution in [3.05, 3.63) is 16.8 Å². The van der Waals surface area contributed by atoms with Gasteiger partial charge in [-0.15, -0.1) is 0 Å². The van der Waals surface area contributed by atoms with Gasteiger partial charge in [0.15, 0.2) is 0 Å². The summed E-state index contributed by atoms with van der Waals surface area (Å²) in [5, 5.41) is 12.5. The lowest BCUT2D eigenvalue weighted by atomic mass is 10.0. The number of carbonyl (C=O) groups is 1. The van der Waals surface area contributed by atoms with E-state index in [4.69, 9.17) is 4.74 Å². The van der Waals surface area contributed by atoms with Gasteiger partial charge >= 0.3 is 0 Å². The molecule has 0 aliphatic carbocycles. The van der Waals surface area contributed by atoms with E-state index in [9.17, 15) is 10.1 Å². The number of rotatable bonds is 7. The zero-order valence-electron chi connectivity index (χ0n) is 15.9. The molecule has 1 aromatic rings. The fourth-order valence-electron chi connectivity index (χ4n) is 3.58. The molecule has 1 atom stereocenters. The molecule has 1 aliphatic heterocycles. The first-order valence-corrected chi connectivity index (χ1v) is 9.08. The number of nitrogens with one attached hydrogen (secondary N) is 1. The summed E-state index contributed by atoms with van der Waals surface area (Å²) in [5.74, 6) is 1.22. The van der Waals surface area contributed by atoms with Crippen LogP contribution in [0.2, 0.25) is 0 Å². The first-order chi connectivity index (χ1) is 12.0. The van der Waals surface area contributed by atoms with Crippen molar-refractivity contribution in [1.29, 1.82) is 5.26 Å². The molecule has 1 amide bonds. The van der Waals surface area contributed by atoms with Gasteiger partial charge in [-0.1, -0.05) is 6.92 Å². The molecule has 1 N–H and O–H groups in total. The monoisotopic (exact) mass is 346 g/mol. The smallest absolute Gasteiger partial charge is 0.239 e. The molecule has 1 saturated heterocycles. The van der Waals surface area contributed by atoms with Crippen molar-refractivity contribution >= 4 is 11.7 Å². The van der Waals surface area contributed by atoms with E-state index < -0.39 is 0 Å². The SMILES string of the molecule is COCCCn1c(C)c(C)c(C#N)c1NC(=O)CN1CCC[C@H](C)C1. The first kappa shape index (κ1) is 19.5. The van der Waals surface area contributed by atoms with Crippen LogP contribution in [0.1, 0.15) is 43.0 Å². The quantitative estimate of drug-likeness (QED) is 0.771. The molecule has 1 aromatic heterocycles.